The minimum absolute atomic E-state index is 0.172. The standard InChI is InChI=1S/C11H9BrClN3O2/c12-7-3-16(6-1-5(2-6)11(17)18)10-8(7)9(13)14-4-15-10/h3-6H,1-2H2,(H,17,18). The van der Waals surface area contributed by atoms with E-state index in [2.05, 4.69) is 25.9 Å². The van der Waals surface area contributed by atoms with E-state index in [-0.39, 0.29) is 12.0 Å². The number of carboxylic acid groups (broad SMARTS) is 1. The quantitative estimate of drug-likeness (QED) is 0.860. The van der Waals surface area contributed by atoms with Crippen molar-refractivity contribution in [2.45, 2.75) is 18.9 Å². The summed E-state index contributed by atoms with van der Waals surface area (Å²) in [6, 6.07) is 0.172. The van der Waals surface area contributed by atoms with Crippen LogP contribution < -0.4 is 0 Å². The molecular weight excluding hydrogens is 321 g/mol. The molecule has 7 heteroatoms. The fourth-order valence-corrected chi connectivity index (χ4v) is 3.23. The Bertz CT molecular complexity index is 636. The van der Waals surface area contributed by atoms with Gasteiger partial charge in [0.2, 0.25) is 0 Å². The molecular formula is C11H9BrClN3O2. The molecule has 0 aromatic carbocycles. The molecule has 1 N–H and O–H groups in total. The maximum atomic E-state index is 10.8. The maximum Gasteiger partial charge on any atom is 0.306 e. The van der Waals surface area contributed by atoms with Gasteiger partial charge >= 0.3 is 5.97 Å². The summed E-state index contributed by atoms with van der Waals surface area (Å²) in [4.78, 5) is 19.0. The zero-order valence-corrected chi connectivity index (χ0v) is 11.5. The molecule has 2 aromatic heterocycles. The number of nitrogens with zero attached hydrogens (tertiary/aromatic N) is 3. The van der Waals surface area contributed by atoms with Crippen LogP contribution in [0, 0.1) is 5.92 Å². The molecule has 5 nitrogen and oxygen atoms in total. The molecule has 2 aromatic rings. The molecule has 1 aliphatic rings. The first-order valence-corrected chi connectivity index (χ1v) is 6.64. The molecule has 1 fully saturated rings. The van der Waals surface area contributed by atoms with Crippen LogP contribution >= 0.6 is 27.5 Å². The summed E-state index contributed by atoms with van der Waals surface area (Å²) < 4.78 is 2.81. The first-order chi connectivity index (χ1) is 8.58. The Morgan fingerprint density at radius 3 is 2.89 bits per heavy atom. The molecule has 0 bridgehead atoms. The minimum atomic E-state index is -0.727. The molecule has 1 saturated carbocycles. The Morgan fingerprint density at radius 1 is 1.50 bits per heavy atom. The molecule has 0 spiro atoms. The number of rotatable bonds is 2. The number of fused-ring (bicyclic) bond motifs is 1. The largest absolute Gasteiger partial charge is 0.481 e. The van der Waals surface area contributed by atoms with E-state index in [1.54, 1.807) is 0 Å². The van der Waals surface area contributed by atoms with Crippen LogP contribution in [-0.4, -0.2) is 25.6 Å². The molecule has 0 saturated heterocycles. The molecule has 0 radical (unpaired) electrons. The third-order valence-electron chi connectivity index (χ3n) is 3.37. The number of aromatic nitrogens is 3. The molecule has 0 aliphatic heterocycles. The van der Waals surface area contributed by atoms with Crippen molar-refractivity contribution in [2.24, 2.45) is 5.92 Å². The van der Waals surface area contributed by atoms with Gasteiger partial charge in [-0.05, 0) is 28.8 Å². The first kappa shape index (κ1) is 11.9. The third-order valence-corrected chi connectivity index (χ3v) is 4.26. The Labute approximate surface area is 116 Å². The van der Waals surface area contributed by atoms with Crippen LogP contribution in [0.1, 0.15) is 18.9 Å². The fraction of sp³-hybridized carbons (Fsp3) is 0.364. The maximum absolute atomic E-state index is 10.8. The van der Waals surface area contributed by atoms with Gasteiger partial charge in [0.1, 0.15) is 17.1 Å². The molecule has 94 valence electrons. The lowest BCUT2D eigenvalue weighted by molar-refractivity contribution is -0.145. The lowest BCUT2D eigenvalue weighted by Crippen LogP contribution is -2.32. The SMILES string of the molecule is O=C(O)C1CC(n2cc(Br)c3c(Cl)ncnc32)C1. The third kappa shape index (κ3) is 1.71. The molecule has 1 aliphatic carbocycles. The van der Waals surface area contributed by atoms with Crippen molar-refractivity contribution in [3.63, 3.8) is 0 Å². The Kier molecular flexibility index (Phi) is 2.79. The number of carbonyl (C=O) groups is 1. The highest BCUT2D eigenvalue weighted by Gasteiger charge is 2.36. The van der Waals surface area contributed by atoms with Crippen molar-refractivity contribution < 1.29 is 9.90 Å². The van der Waals surface area contributed by atoms with E-state index in [4.69, 9.17) is 16.7 Å². The highest BCUT2D eigenvalue weighted by Crippen LogP contribution is 2.41. The van der Waals surface area contributed by atoms with Gasteiger partial charge in [-0.3, -0.25) is 4.79 Å². The van der Waals surface area contributed by atoms with Crippen LogP contribution in [0.5, 0.6) is 0 Å². The Hall–Kier alpha value is -1.14. The van der Waals surface area contributed by atoms with Gasteiger partial charge in [0, 0.05) is 16.7 Å². The predicted molar refractivity (Wildman–Crippen MR) is 69.6 cm³/mol. The van der Waals surface area contributed by atoms with E-state index < -0.39 is 5.97 Å². The zero-order valence-electron chi connectivity index (χ0n) is 9.18. The lowest BCUT2D eigenvalue weighted by atomic mass is 9.80. The smallest absolute Gasteiger partial charge is 0.306 e. The summed E-state index contributed by atoms with van der Waals surface area (Å²) in [7, 11) is 0. The van der Waals surface area contributed by atoms with E-state index in [1.807, 2.05) is 10.8 Å². The highest BCUT2D eigenvalue weighted by molar-refractivity contribution is 9.10. The number of aliphatic carboxylic acids is 1. The van der Waals surface area contributed by atoms with Gasteiger partial charge in [-0.1, -0.05) is 11.6 Å². The van der Waals surface area contributed by atoms with Crippen molar-refractivity contribution in [1.82, 2.24) is 14.5 Å². The normalized spacial score (nSPS) is 23.0. The molecule has 18 heavy (non-hydrogen) atoms. The minimum Gasteiger partial charge on any atom is -0.481 e. The molecule has 0 atom stereocenters. The van der Waals surface area contributed by atoms with Crippen molar-refractivity contribution in [1.29, 1.82) is 0 Å². The van der Waals surface area contributed by atoms with E-state index >= 15 is 0 Å². The van der Waals surface area contributed by atoms with Crippen LogP contribution in [0.4, 0.5) is 0 Å². The molecule has 2 heterocycles. The van der Waals surface area contributed by atoms with Crippen LogP contribution in [0.15, 0.2) is 17.0 Å². The Morgan fingerprint density at radius 2 is 2.22 bits per heavy atom. The predicted octanol–water partition coefficient (Wildman–Crippen LogP) is 2.88. The topological polar surface area (TPSA) is 68.0 Å². The van der Waals surface area contributed by atoms with Gasteiger partial charge in [-0.2, -0.15) is 0 Å². The van der Waals surface area contributed by atoms with Crippen LogP contribution in [0.3, 0.4) is 0 Å². The van der Waals surface area contributed by atoms with Crippen LogP contribution in [0.25, 0.3) is 11.0 Å². The van der Waals surface area contributed by atoms with Crippen molar-refractivity contribution in [2.75, 3.05) is 0 Å². The van der Waals surface area contributed by atoms with Gasteiger partial charge in [-0.15, -0.1) is 0 Å². The van der Waals surface area contributed by atoms with E-state index in [9.17, 15) is 4.79 Å². The second-order valence-electron chi connectivity index (χ2n) is 4.41. The number of hydrogen-bond donors (Lipinski definition) is 1. The van der Waals surface area contributed by atoms with Gasteiger partial charge in [-0.25, -0.2) is 9.97 Å². The summed E-state index contributed by atoms with van der Waals surface area (Å²) in [5.74, 6) is -0.974. The molecule has 0 unspecified atom stereocenters. The van der Waals surface area contributed by atoms with Gasteiger partial charge in [0.05, 0.1) is 11.3 Å². The van der Waals surface area contributed by atoms with E-state index in [0.717, 1.165) is 15.5 Å². The second kappa shape index (κ2) is 4.20. The number of carboxylic acids is 1. The van der Waals surface area contributed by atoms with Crippen LogP contribution in [-0.2, 0) is 4.79 Å². The first-order valence-electron chi connectivity index (χ1n) is 5.47. The summed E-state index contributed by atoms with van der Waals surface area (Å²) in [5, 5.41) is 10.1. The van der Waals surface area contributed by atoms with Gasteiger partial charge in [0.15, 0.2) is 0 Å². The van der Waals surface area contributed by atoms with Crippen molar-refractivity contribution in [3.8, 4) is 0 Å². The average molecular weight is 331 g/mol. The van der Waals surface area contributed by atoms with Gasteiger partial charge in [0.25, 0.3) is 0 Å². The molecule has 3 rings (SSSR count). The van der Waals surface area contributed by atoms with Gasteiger partial charge < -0.3 is 9.67 Å². The highest BCUT2D eigenvalue weighted by atomic mass is 79.9. The Balaban J connectivity index is 2.00. The number of hydrogen-bond acceptors (Lipinski definition) is 3. The van der Waals surface area contributed by atoms with Crippen molar-refractivity contribution >= 4 is 44.5 Å². The molecule has 0 amide bonds. The summed E-state index contributed by atoms with van der Waals surface area (Å²) in [5.41, 5.74) is 0.746. The van der Waals surface area contributed by atoms with Crippen LogP contribution in [0.2, 0.25) is 5.15 Å². The zero-order chi connectivity index (χ0) is 12.9. The monoisotopic (exact) mass is 329 g/mol. The summed E-state index contributed by atoms with van der Waals surface area (Å²) >= 11 is 9.46. The lowest BCUT2D eigenvalue weighted by Gasteiger charge is -2.33. The van der Waals surface area contributed by atoms with Crippen molar-refractivity contribution in [3.05, 3.63) is 22.1 Å². The fourth-order valence-electron chi connectivity index (χ4n) is 2.30. The summed E-state index contributed by atoms with van der Waals surface area (Å²) in [6.07, 6.45) is 4.58. The summed E-state index contributed by atoms with van der Waals surface area (Å²) in [6.45, 7) is 0. The number of halogens is 2. The second-order valence-corrected chi connectivity index (χ2v) is 5.62. The van der Waals surface area contributed by atoms with E-state index in [1.165, 1.54) is 6.33 Å². The van der Waals surface area contributed by atoms with E-state index in [0.29, 0.717) is 18.0 Å². The average Bonchev–Trinajstić information content (AvgIpc) is 2.55.